The van der Waals surface area contributed by atoms with Crippen molar-refractivity contribution in [3.05, 3.63) is 0 Å². The topological polar surface area (TPSA) is 164 Å². The Hall–Kier alpha value is -2.69. The van der Waals surface area contributed by atoms with Crippen LogP contribution in [0.2, 0.25) is 0 Å². The van der Waals surface area contributed by atoms with E-state index in [1.807, 2.05) is 6.07 Å². The van der Waals surface area contributed by atoms with Gasteiger partial charge < -0.3 is 20.6 Å². The smallest absolute Gasteiger partial charge is 0.246 e. The largest absolute Gasteiger partial charge is 0.378 e. The summed E-state index contributed by atoms with van der Waals surface area (Å²) in [5, 5.41) is 32.4. The lowest BCUT2D eigenvalue weighted by molar-refractivity contribution is -0.155. The molecule has 10 nitrogen and oxygen atoms in total. The number of carbonyl (C=O) groups is 3. The maximum atomic E-state index is 14.0. The van der Waals surface area contributed by atoms with Gasteiger partial charge in [0.05, 0.1) is 12.1 Å². The van der Waals surface area contributed by atoms with E-state index in [2.05, 4.69) is 25.2 Å². The van der Waals surface area contributed by atoms with Gasteiger partial charge in [-0.15, -0.1) is 0 Å². The Morgan fingerprint density at radius 2 is 1.94 bits per heavy atom. The molecule has 1 saturated carbocycles. The third kappa shape index (κ3) is 4.49. The van der Waals surface area contributed by atoms with E-state index in [0.717, 1.165) is 0 Å². The van der Waals surface area contributed by atoms with Crippen LogP contribution in [0.15, 0.2) is 0 Å². The molecule has 7 atom stereocenters. The van der Waals surface area contributed by atoms with Crippen LogP contribution < -0.4 is 11.1 Å². The first-order chi connectivity index (χ1) is 15.8. The van der Waals surface area contributed by atoms with Gasteiger partial charge in [-0.25, -0.2) is 0 Å². The van der Waals surface area contributed by atoms with Crippen LogP contribution in [-0.2, 0) is 14.4 Å². The average molecular weight is 473 g/mol. The second-order valence-corrected chi connectivity index (χ2v) is 11.5. The molecule has 3 fully saturated rings. The molecule has 2 saturated heterocycles. The molecule has 0 bridgehead atoms. The number of rotatable bonds is 7. The van der Waals surface area contributed by atoms with Crippen molar-refractivity contribution in [2.45, 2.75) is 78.2 Å². The van der Waals surface area contributed by atoms with Gasteiger partial charge >= 0.3 is 0 Å². The minimum atomic E-state index is -1.08. The molecular formula is C24H36N6O4. The van der Waals surface area contributed by atoms with Gasteiger partial charge in [0.2, 0.25) is 17.7 Å². The first kappa shape index (κ1) is 25.9. The van der Waals surface area contributed by atoms with Gasteiger partial charge in [-0.05, 0) is 42.1 Å². The standard InChI is InChI=1S/C24H36N6O4/c1-23(2,3)19(22(34)29-12-15-17(24(15,4)5)18(29)20(27)32)30(16(31)6-8-25)14(11-26)10-13-7-9-28-21(13)33/h13-15,17-19,21,28,33H,6-7,9-10,12H2,1-5H3,(H2,27,32)/t13-,14-,15?,17?,18?,19+,21-/m0/s1. The number of amides is 3. The molecule has 2 heterocycles. The molecule has 4 N–H and O–H groups in total. The number of piperidine rings is 1. The molecule has 10 heteroatoms. The number of nitrogens with zero attached hydrogens (tertiary/aromatic N) is 4. The van der Waals surface area contributed by atoms with Crippen LogP contribution in [0.4, 0.5) is 0 Å². The first-order valence-electron chi connectivity index (χ1n) is 11.9. The summed E-state index contributed by atoms with van der Waals surface area (Å²) in [6, 6.07) is 1.11. The fourth-order valence-electron chi connectivity index (χ4n) is 6.06. The molecule has 3 rings (SSSR count). The molecule has 1 aliphatic carbocycles. The summed E-state index contributed by atoms with van der Waals surface area (Å²) in [5.74, 6) is -1.80. The Bertz CT molecular complexity index is 929. The predicted molar refractivity (Wildman–Crippen MR) is 122 cm³/mol. The minimum Gasteiger partial charge on any atom is -0.378 e. The molecule has 34 heavy (non-hydrogen) atoms. The third-order valence-electron chi connectivity index (χ3n) is 7.96. The average Bonchev–Trinajstić information content (AvgIpc) is 3.10. The molecule has 3 aliphatic rings. The van der Waals surface area contributed by atoms with Crippen LogP contribution in [0, 0.1) is 51.2 Å². The fraction of sp³-hybridized carbons (Fsp3) is 0.792. The molecule has 186 valence electrons. The van der Waals surface area contributed by atoms with Gasteiger partial charge in [-0.2, -0.15) is 10.5 Å². The zero-order valence-electron chi connectivity index (χ0n) is 20.6. The highest BCUT2D eigenvalue weighted by molar-refractivity contribution is 5.94. The van der Waals surface area contributed by atoms with Gasteiger partial charge in [-0.3, -0.25) is 19.7 Å². The number of primary amides is 1. The number of aliphatic hydroxyl groups excluding tert-OH is 1. The molecule has 2 aliphatic heterocycles. The number of nitrogens with one attached hydrogen (secondary N) is 1. The second kappa shape index (κ2) is 9.16. The number of aliphatic hydroxyl groups is 1. The second-order valence-electron chi connectivity index (χ2n) is 11.5. The molecule has 0 aromatic carbocycles. The molecular weight excluding hydrogens is 436 g/mol. The van der Waals surface area contributed by atoms with Gasteiger partial charge in [0.25, 0.3) is 0 Å². The lowest BCUT2D eigenvalue weighted by atomic mass is 9.82. The van der Waals surface area contributed by atoms with Crippen LogP contribution in [-0.4, -0.2) is 70.1 Å². The fourth-order valence-corrected chi connectivity index (χ4v) is 6.06. The zero-order valence-corrected chi connectivity index (χ0v) is 20.6. The number of likely N-dealkylation sites (tertiary alicyclic amines) is 1. The van der Waals surface area contributed by atoms with Gasteiger partial charge in [0.1, 0.15) is 30.8 Å². The number of hydrogen-bond acceptors (Lipinski definition) is 7. The molecule has 0 aromatic rings. The Morgan fingerprint density at radius 3 is 2.41 bits per heavy atom. The van der Waals surface area contributed by atoms with Crippen molar-refractivity contribution < 1.29 is 19.5 Å². The van der Waals surface area contributed by atoms with Gasteiger partial charge in [-0.1, -0.05) is 34.6 Å². The normalized spacial score (nSPS) is 31.1. The number of nitriles is 2. The Kier molecular flexibility index (Phi) is 6.99. The lowest BCUT2D eigenvalue weighted by Gasteiger charge is -2.44. The lowest BCUT2D eigenvalue weighted by Crippen LogP contribution is -2.62. The van der Waals surface area contributed by atoms with E-state index < -0.39 is 53.9 Å². The van der Waals surface area contributed by atoms with E-state index in [1.54, 1.807) is 20.8 Å². The summed E-state index contributed by atoms with van der Waals surface area (Å²) in [4.78, 5) is 42.3. The summed E-state index contributed by atoms with van der Waals surface area (Å²) in [5.41, 5.74) is 4.83. The van der Waals surface area contributed by atoms with Crippen molar-refractivity contribution >= 4 is 17.7 Å². The Balaban J connectivity index is 1.98. The summed E-state index contributed by atoms with van der Waals surface area (Å²) in [7, 11) is 0. The highest BCUT2D eigenvalue weighted by Gasteiger charge is 2.69. The summed E-state index contributed by atoms with van der Waals surface area (Å²) < 4.78 is 0. The van der Waals surface area contributed by atoms with E-state index >= 15 is 0 Å². The number of hydrogen-bond donors (Lipinski definition) is 3. The molecule has 3 unspecified atom stereocenters. The summed E-state index contributed by atoms with van der Waals surface area (Å²) in [6.45, 7) is 10.4. The minimum absolute atomic E-state index is 0.0377. The summed E-state index contributed by atoms with van der Waals surface area (Å²) >= 11 is 0. The first-order valence-corrected chi connectivity index (χ1v) is 11.9. The van der Waals surface area contributed by atoms with E-state index in [0.29, 0.717) is 19.5 Å². The maximum absolute atomic E-state index is 14.0. The third-order valence-corrected chi connectivity index (χ3v) is 7.96. The highest BCUT2D eigenvalue weighted by Crippen LogP contribution is 2.65. The predicted octanol–water partition coefficient (Wildman–Crippen LogP) is 0.322. The van der Waals surface area contributed by atoms with Crippen molar-refractivity contribution in [1.29, 1.82) is 10.5 Å². The van der Waals surface area contributed by atoms with Crippen molar-refractivity contribution in [3.8, 4) is 12.1 Å². The molecule has 0 spiro atoms. The molecule has 0 radical (unpaired) electrons. The van der Waals surface area contributed by atoms with E-state index in [9.17, 15) is 30.0 Å². The number of fused-ring (bicyclic) bond motifs is 1. The van der Waals surface area contributed by atoms with Crippen LogP contribution in [0.3, 0.4) is 0 Å². The Morgan fingerprint density at radius 1 is 1.29 bits per heavy atom. The quantitative estimate of drug-likeness (QED) is 0.480. The molecule has 0 aromatic heterocycles. The number of carbonyl (C=O) groups excluding carboxylic acids is 3. The van der Waals surface area contributed by atoms with E-state index in [1.165, 1.54) is 9.80 Å². The van der Waals surface area contributed by atoms with E-state index in [4.69, 9.17) is 5.73 Å². The SMILES string of the molecule is CC1(C)C2CN(C(=O)[C@@H](N(C(=O)CC#N)[C@H](C#N)C[C@@H]3CCN[C@H]3O)C(C)(C)C)C(C(N)=O)C21. The van der Waals surface area contributed by atoms with Crippen molar-refractivity contribution in [1.82, 2.24) is 15.1 Å². The number of nitrogens with two attached hydrogens (primary N) is 1. The van der Waals surface area contributed by atoms with Crippen LogP contribution >= 0.6 is 0 Å². The van der Waals surface area contributed by atoms with Crippen LogP contribution in [0.5, 0.6) is 0 Å². The Labute approximate surface area is 201 Å². The van der Waals surface area contributed by atoms with Crippen molar-refractivity contribution in [3.63, 3.8) is 0 Å². The van der Waals surface area contributed by atoms with Crippen LogP contribution in [0.25, 0.3) is 0 Å². The monoisotopic (exact) mass is 472 g/mol. The zero-order chi connectivity index (χ0) is 25.6. The van der Waals surface area contributed by atoms with Gasteiger partial charge in [0, 0.05) is 12.5 Å². The molecule has 3 amide bonds. The summed E-state index contributed by atoms with van der Waals surface area (Å²) in [6.07, 6.45) is -0.498. The van der Waals surface area contributed by atoms with Crippen molar-refractivity contribution in [2.24, 2.45) is 34.3 Å². The van der Waals surface area contributed by atoms with E-state index in [-0.39, 0.29) is 29.6 Å². The van der Waals surface area contributed by atoms with Crippen LogP contribution in [0.1, 0.15) is 53.9 Å². The highest BCUT2D eigenvalue weighted by atomic mass is 16.3. The maximum Gasteiger partial charge on any atom is 0.246 e. The van der Waals surface area contributed by atoms with Gasteiger partial charge in [0.15, 0.2) is 0 Å². The van der Waals surface area contributed by atoms with Crippen molar-refractivity contribution in [2.75, 3.05) is 13.1 Å².